The van der Waals surface area contributed by atoms with Gasteiger partial charge in [0.2, 0.25) is 5.76 Å². The summed E-state index contributed by atoms with van der Waals surface area (Å²) in [6, 6.07) is 2.22. The van der Waals surface area contributed by atoms with Gasteiger partial charge in [-0.15, -0.1) is 0 Å². The number of nitrogens with zero attached hydrogens (tertiary/aromatic N) is 1. The highest BCUT2D eigenvalue weighted by Crippen LogP contribution is 2.26. The number of thioether (sulfide) groups is 1. The highest BCUT2D eigenvalue weighted by atomic mass is 32.2. The van der Waals surface area contributed by atoms with Gasteiger partial charge in [0, 0.05) is 35.7 Å². The van der Waals surface area contributed by atoms with Crippen LogP contribution in [0.3, 0.4) is 0 Å². The second-order valence-corrected chi connectivity index (χ2v) is 5.85. The molecule has 0 radical (unpaired) electrons. The van der Waals surface area contributed by atoms with Gasteiger partial charge in [0.25, 0.3) is 0 Å². The third kappa shape index (κ3) is 2.66. The van der Waals surface area contributed by atoms with Gasteiger partial charge in [-0.1, -0.05) is 6.92 Å². The minimum Gasteiger partial charge on any atom is -0.475 e. The summed E-state index contributed by atoms with van der Waals surface area (Å²) in [4.78, 5) is 13.3. The van der Waals surface area contributed by atoms with E-state index in [0.29, 0.717) is 17.8 Å². The van der Waals surface area contributed by atoms with E-state index in [4.69, 9.17) is 9.52 Å². The molecule has 5 heteroatoms. The SMILES string of the molecule is CC1SCCN(Cc2ccoc2C(=O)O)C1C. The van der Waals surface area contributed by atoms with Crippen LogP contribution < -0.4 is 0 Å². The van der Waals surface area contributed by atoms with Crippen molar-refractivity contribution in [2.24, 2.45) is 0 Å². The summed E-state index contributed by atoms with van der Waals surface area (Å²) in [5, 5.41) is 9.57. The smallest absolute Gasteiger partial charge is 0.372 e. The van der Waals surface area contributed by atoms with Gasteiger partial charge in [-0.2, -0.15) is 11.8 Å². The number of furan rings is 1. The van der Waals surface area contributed by atoms with E-state index < -0.39 is 5.97 Å². The molecular weight excluding hydrogens is 238 g/mol. The Bertz CT molecular complexity index is 404. The number of hydrogen-bond acceptors (Lipinski definition) is 4. The maximum atomic E-state index is 11.0. The van der Waals surface area contributed by atoms with Crippen LogP contribution in [0.15, 0.2) is 16.7 Å². The molecule has 0 amide bonds. The van der Waals surface area contributed by atoms with Gasteiger partial charge >= 0.3 is 5.97 Å². The number of carboxylic acid groups (broad SMARTS) is 1. The molecule has 1 saturated heterocycles. The average molecular weight is 255 g/mol. The van der Waals surface area contributed by atoms with Crippen LogP contribution in [0.1, 0.15) is 30.0 Å². The highest BCUT2D eigenvalue weighted by Gasteiger charge is 2.26. The van der Waals surface area contributed by atoms with Gasteiger partial charge in [0.1, 0.15) is 0 Å². The second-order valence-electron chi connectivity index (χ2n) is 4.37. The van der Waals surface area contributed by atoms with Crippen molar-refractivity contribution in [2.75, 3.05) is 12.3 Å². The Labute approximate surface area is 105 Å². The third-order valence-electron chi connectivity index (χ3n) is 3.33. The van der Waals surface area contributed by atoms with Crippen LogP contribution >= 0.6 is 11.8 Å². The number of rotatable bonds is 3. The molecule has 0 aliphatic carbocycles. The lowest BCUT2D eigenvalue weighted by molar-refractivity contribution is 0.0658. The van der Waals surface area contributed by atoms with E-state index in [0.717, 1.165) is 17.9 Å². The Morgan fingerprint density at radius 1 is 1.65 bits per heavy atom. The van der Waals surface area contributed by atoms with Crippen molar-refractivity contribution in [3.8, 4) is 0 Å². The number of aromatic carboxylic acids is 1. The monoisotopic (exact) mass is 255 g/mol. The lowest BCUT2D eigenvalue weighted by Gasteiger charge is -2.37. The van der Waals surface area contributed by atoms with Gasteiger partial charge in [-0.3, -0.25) is 4.90 Å². The molecule has 1 aromatic heterocycles. The number of hydrogen-bond donors (Lipinski definition) is 1. The summed E-state index contributed by atoms with van der Waals surface area (Å²) in [6.45, 7) is 6.07. The average Bonchev–Trinajstić information content (AvgIpc) is 2.73. The molecule has 0 saturated carbocycles. The third-order valence-corrected chi connectivity index (χ3v) is 4.67. The molecule has 1 fully saturated rings. The normalized spacial score (nSPS) is 26.0. The maximum Gasteiger partial charge on any atom is 0.372 e. The van der Waals surface area contributed by atoms with Crippen LogP contribution in [-0.4, -0.2) is 39.6 Å². The molecule has 0 bridgehead atoms. The summed E-state index contributed by atoms with van der Waals surface area (Å²) in [6.07, 6.45) is 1.45. The molecule has 1 aliphatic rings. The number of carbonyl (C=O) groups is 1. The Kier molecular flexibility index (Phi) is 3.79. The first-order chi connectivity index (χ1) is 8.09. The van der Waals surface area contributed by atoms with E-state index in [-0.39, 0.29) is 5.76 Å². The van der Waals surface area contributed by atoms with Crippen LogP contribution in [-0.2, 0) is 6.54 Å². The molecule has 1 aromatic rings. The predicted octanol–water partition coefficient (Wildman–Crippen LogP) is 2.30. The maximum absolute atomic E-state index is 11.0. The van der Waals surface area contributed by atoms with Crippen molar-refractivity contribution in [3.63, 3.8) is 0 Å². The summed E-state index contributed by atoms with van der Waals surface area (Å²) in [5.41, 5.74) is 0.767. The molecule has 17 heavy (non-hydrogen) atoms. The molecule has 1 N–H and O–H groups in total. The zero-order chi connectivity index (χ0) is 12.4. The zero-order valence-corrected chi connectivity index (χ0v) is 10.9. The molecule has 1 aliphatic heterocycles. The first kappa shape index (κ1) is 12.5. The van der Waals surface area contributed by atoms with Crippen LogP contribution in [0.4, 0.5) is 0 Å². The van der Waals surface area contributed by atoms with Crippen molar-refractivity contribution in [1.29, 1.82) is 0 Å². The van der Waals surface area contributed by atoms with E-state index in [1.165, 1.54) is 6.26 Å². The van der Waals surface area contributed by atoms with Crippen LogP contribution in [0.2, 0.25) is 0 Å². The molecule has 2 heterocycles. The number of carboxylic acids is 1. The van der Waals surface area contributed by atoms with Gasteiger partial charge in [-0.25, -0.2) is 4.79 Å². The van der Waals surface area contributed by atoms with E-state index in [2.05, 4.69) is 18.7 Å². The Hall–Kier alpha value is -0.940. The molecule has 4 nitrogen and oxygen atoms in total. The van der Waals surface area contributed by atoms with Gasteiger partial charge in [-0.05, 0) is 13.0 Å². The van der Waals surface area contributed by atoms with Crippen molar-refractivity contribution in [3.05, 3.63) is 23.7 Å². The summed E-state index contributed by atoms with van der Waals surface area (Å²) < 4.78 is 5.00. The lowest BCUT2D eigenvalue weighted by Crippen LogP contribution is -2.44. The fourth-order valence-electron chi connectivity index (χ4n) is 2.09. The fourth-order valence-corrected chi connectivity index (χ4v) is 3.25. The second kappa shape index (κ2) is 5.14. The van der Waals surface area contributed by atoms with E-state index in [1.54, 1.807) is 6.07 Å². The lowest BCUT2D eigenvalue weighted by atomic mass is 10.1. The largest absolute Gasteiger partial charge is 0.475 e. The molecule has 2 atom stereocenters. The zero-order valence-electron chi connectivity index (χ0n) is 10.0. The van der Waals surface area contributed by atoms with Crippen molar-refractivity contribution in [1.82, 2.24) is 4.90 Å². The summed E-state index contributed by atoms with van der Waals surface area (Å²) in [5.74, 6) is 0.186. The van der Waals surface area contributed by atoms with Gasteiger partial charge in [0.05, 0.1) is 6.26 Å². The minimum atomic E-state index is -0.989. The van der Waals surface area contributed by atoms with Gasteiger partial charge in [0.15, 0.2) is 0 Å². The molecule has 94 valence electrons. The Morgan fingerprint density at radius 3 is 3.12 bits per heavy atom. The van der Waals surface area contributed by atoms with E-state index in [9.17, 15) is 4.79 Å². The quantitative estimate of drug-likeness (QED) is 0.898. The molecular formula is C12H17NO3S. The van der Waals surface area contributed by atoms with E-state index in [1.807, 2.05) is 11.8 Å². The van der Waals surface area contributed by atoms with E-state index >= 15 is 0 Å². The molecule has 2 rings (SSSR count). The first-order valence-corrected chi connectivity index (χ1v) is 6.79. The van der Waals surface area contributed by atoms with Crippen molar-refractivity contribution in [2.45, 2.75) is 31.7 Å². The highest BCUT2D eigenvalue weighted by molar-refractivity contribution is 8.00. The summed E-state index contributed by atoms with van der Waals surface area (Å²) >= 11 is 1.97. The molecule has 0 aromatic carbocycles. The Morgan fingerprint density at radius 2 is 2.41 bits per heavy atom. The van der Waals surface area contributed by atoms with Crippen molar-refractivity contribution >= 4 is 17.7 Å². The van der Waals surface area contributed by atoms with Crippen LogP contribution in [0, 0.1) is 0 Å². The predicted molar refractivity (Wildman–Crippen MR) is 67.5 cm³/mol. The Balaban J connectivity index is 2.09. The summed E-state index contributed by atoms with van der Waals surface area (Å²) in [7, 11) is 0. The topological polar surface area (TPSA) is 53.7 Å². The molecule has 0 spiro atoms. The van der Waals surface area contributed by atoms with Crippen LogP contribution in [0.5, 0.6) is 0 Å². The standard InChI is InChI=1S/C12H17NO3S/c1-8-9(2)17-6-4-13(8)7-10-3-5-16-11(10)12(14)15/h3,5,8-9H,4,6-7H2,1-2H3,(H,14,15). The fraction of sp³-hybridized carbons (Fsp3) is 0.583. The first-order valence-electron chi connectivity index (χ1n) is 5.75. The van der Waals surface area contributed by atoms with Gasteiger partial charge < -0.3 is 9.52 Å². The van der Waals surface area contributed by atoms with Crippen LogP contribution in [0.25, 0.3) is 0 Å². The molecule has 2 unspecified atom stereocenters. The minimum absolute atomic E-state index is 0.0723. The van der Waals surface area contributed by atoms with Crippen molar-refractivity contribution < 1.29 is 14.3 Å².